The van der Waals surface area contributed by atoms with E-state index in [1.165, 1.54) is 11.3 Å². The number of amides is 1. The van der Waals surface area contributed by atoms with Crippen molar-refractivity contribution >= 4 is 22.9 Å². The molecule has 0 bridgehead atoms. The van der Waals surface area contributed by atoms with Crippen LogP contribution in [0.25, 0.3) is 0 Å². The first-order valence-corrected chi connectivity index (χ1v) is 7.18. The van der Waals surface area contributed by atoms with Gasteiger partial charge in [-0.05, 0) is 30.7 Å². The Morgan fingerprint density at radius 2 is 2.11 bits per heavy atom. The van der Waals surface area contributed by atoms with Crippen LogP contribution >= 0.6 is 11.3 Å². The lowest BCUT2D eigenvalue weighted by Gasteiger charge is -2.06. The van der Waals surface area contributed by atoms with E-state index in [4.69, 9.17) is 0 Å². The average molecular weight is 275 g/mol. The third kappa shape index (κ3) is 4.06. The lowest BCUT2D eigenvalue weighted by atomic mass is 10.2. The summed E-state index contributed by atoms with van der Waals surface area (Å²) in [6.45, 7) is 3.54. The monoisotopic (exact) mass is 275 g/mol. The topological polar surface area (TPSA) is 54.0 Å². The zero-order valence-electron chi connectivity index (χ0n) is 10.8. The number of nitrogens with zero attached hydrogens (tertiary/aromatic N) is 1. The highest BCUT2D eigenvalue weighted by Crippen LogP contribution is 2.10. The molecule has 1 heterocycles. The molecule has 0 aliphatic rings. The van der Waals surface area contributed by atoms with Gasteiger partial charge in [0.2, 0.25) is 0 Å². The Kier molecular flexibility index (Phi) is 4.92. The molecule has 0 unspecified atom stereocenters. The Bertz CT molecular complexity index is 508. The zero-order chi connectivity index (χ0) is 13.5. The van der Waals surface area contributed by atoms with Crippen LogP contribution in [0.3, 0.4) is 0 Å². The molecule has 0 spiro atoms. The van der Waals surface area contributed by atoms with Gasteiger partial charge in [0.05, 0.1) is 6.54 Å². The summed E-state index contributed by atoms with van der Waals surface area (Å²) in [4.78, 5) is 16.0. The number of aromatic nitrogens is 1. The number of rotatable bonds is 6. The van der Waals surface area contributed by atoms with Crippen LogP contribution in [0.2, 0.25) is 0 Å². The van der Waals surface area contributed by atoms with E-state index in [0.717, 1.165) is 23.7 Å². The van der Waals surface area contributed by atoms with Crippen molar-refractivity contribution < 1.29 is 4.79 Å². The van der Waals surface area contributed by atoms with Gasteiger partial charge >= 0.3 is 0 Å². The fourth-order valence-corrected chi connectivity index (χ4v) is 2.16. The normalized spacial score (nSPS) is 10.2. The van der Waals surface area contributed by atoms with Crippen molar-refractivity contribution in [2.45, 2.75) is 19.9 Å². The van der Waals surface area contributed by atoms with Gasteiger partial charge in [0, 0.05) is 29.4 Å². The quantitative estimate of drug-likeness (QED) is 0.852. The molecule has 2 rings (SSSR count). The molecule has 2 N–H and O–H groups in total. The lowest BCUT2D eigenvalue weighted by molar-refractivity contribution is 0.0951. The fourth-order valence-electron chi connectivity index (χ4n) is 1.61. The molecule has 1 aromatic heterocycles. The minimum atomic E-state index is -0.0720. The summed E-state index contributed by atoms with van der Waals surface area (Å²) in [5.74, 6) is -0.0720. The molecule has 2 aromatic rings. The SMILES string of the molecule is CCCNc1ccc(C(=O)NCc2nccs2)cc1. The second-order valence-corrected chi connectivity index (χ2v) is 5.09. The minimum absolute atomic E-state index is 0.0720. The Morgan fingerprint density at radius 1 is 1.32 bits per heavy atom. The van der Waals surface area contributed by atoms with Gasteiger partial charge < -0.3 is 10.6 Å². The molecule has 0 saturated carbocycles. The molecule has 0 atom stereocenters. The van der Waals surface area contributed by atoms with Gasteiger partial charge in [-0.3, -0.25) is 4.79 Å². The van der Waals surface area contributed by atoms with Crippen molar-refractivity contribution in [3.05, 3.63) is 46.4 Å². The van der Waals surface area contributed by atoms with Crippen molar-refractivity contribution in [3.63, 3.8) is 0 Å². The summed E-state index contributed by atoms with van der Waals surface area (Å²) in [5, 5.41) is 8.94. The molecular formula is C14H17N3OS. The molecule has 4 nitrogen and oxygen atoms in total. The van der Waals surface area contributed by atoms with Gasteiger partial charge in [0.25, 0.3) is 5.91 Å². The van der Waals surface area contributed by atoms with Gasteiger partial charge in [0.15, 0.2) is 0 Å². The molecule has 0 aliphatic heterocycles. The molecule has 0 aliphatic carbocycles. The molecule has 1 aromatic carbocycles. The number of thiazole rings is 1. The molecule has 0 saturated heterocycles. The Balaban J connectivity index is 1.88. The average Bonchev–Trinajstić information content (AvgIpc) is 2.96. The van der Waals surface area contributed by atoms with Crippen LogP contribution in [-0.4, -0.2) is 17.4 Å². The van der Waals surface area contributed by atoms with Crippen molar-refractivity contribution in [2.24, 2.45) is 0 Å². The van der Waals surface area contributed by atoms with Crippen molar-refractivity contribution in [3.8, 4) is 0 Å². The van der Waals surface area contributed by atoms with Gasteiger partial charge in [-0.2, -0.15) is 0 Å². The third-order valence-corrected chi connectivity index (χ3v) is 3.39. The molecule has 100 valence electrons. The highest BCUT2D eigenvalue weighted by atomic mass is 32.1. The second kappa shape index (κ2) is 6.89. The van der Waals surface area contributed by atoms with Crippen LogP contribution in [-0.2, 0) is 6.54 Å². The van der Waals surface area contributed by atoms with E-state index >= 15 is 0 Å². The summed E-state index contributed by atoms with van der Waals surface area (Å²) in [6, 6.07) is 7.51. The summed E-state index contributed by atoms with van der Waals surface area (Å²) >= 11 is 1.54. The first-order valence-electron chi connectivity index (χ1n) is 6.30. The second-order valence-electron chi connectivity index (χ2n) is 4.11. The van der Waals surface area contributed by atoms with E-state index < -0.39 is 0 Å². The number of anilines is 1. The highest BCUT2D eigenvalue weighted by molar-refractivity contribution is 7.09. The van der Waals surface area contributed by atoms with Crippen LogP contribution < -0.4 is 10.6 Å². The maximum absolute atomic E-state index is 11.9. The van der Waals surface area contributed by atoms with Crippen LogP contribution in [0.15, 0.2) is 35.8 Å². The molecule has 1 amide bonds. The third-order valence-electron chi connectivity index (χ3n) is 2.61. The first-order chi connectivity index (χ1) is 9.29. The largest absolute Gasteiger partial charge is 0.385 e. The minimum Gasteiger partial charge on any atom is -0.385 e. The Hall–Kier alpha value is -1.88. The van der Waals surface area contributed by atoms with Gasteiger partial charge in [0.1, 0.15) is 5.01 Å². The number of nitrogens with one attached hydrogen (secondary N) is 2. The van der Waals surface area contributed by atoms with Crippen LogP contribution in [0.4, 0.5) is 5.69 Å². The van der Waals surface area contributed by atoms with E-state index in [1.54, 1.807) is 6.20 Å². The van der Waals surface area contributed by atoms with Crippen LogP contribution in [0.1, 0.15) is 28.7 Å². The van der Waals surface area contributed by atoms with Gasteiger partial charge in [-0.25, -0.2) is 4.98 Å². The number of hydrogen-bond acceptors (Lipinski definition) is 4. The molecule has 5 heteroatoms. The molecule has 0 fully saturated rings. The van der Waals surface area contributed by atoms with E-state index in [0.29, 0.717) is 12.1 Å². The van der Waals surface area contributed by atoms with Crippen LogP contribution in [0.5, 0.6) is 0 Å². The Labute approximate surface area is 116 Å². The van der Waals surface area contributed by atoms with Gasteiger partial charge in [-0.15, -0.1) is 11.3 Å². The number of carbonyl (C=O) groups excluding carboxylic acids is 1. The standard InChI is InChI=1S/C14H17N3OS/c1-2-7-15-12-5-3-11(4-6-12)14(18)17-10-13-16-8-9-19-13/h3-6,8-9,15H,2,7,10H2,1H3,(H,17,18). The van der Waals surface area contributed by atoms with E-state index in [-0.39, 0.29) is 5.91 Å². The molecule has 19 heavy (non-hydrogen) atoms. The van der Waals surface area contributed by atoms with Crippen molar-refractivity contribution in [2.75, 3.05) is 11.9 Å². The predicted molar refractivity (Wildman–Crippen MR) is 78.5 cm³/mol. The van der Waals surface area contributed by atoms with Crippen LogP contribution in [0, 0.1) is 0 Å². The van der Waals surface area contributed by atoms with Gasteiger partial charge in [-0.1, -0.05) is 6.92 Å². The molecule has 0 radical (unpaired) electrons. The zero-order valence-corrected chi connectivity index (χ0v) is 11.7. The number of hydrogen-bond donors (Lipinski definition) is 2. The van der Waals surface area contributed by atoms with Crippen molar-refractivity contribution in [1.82, 2.24) is 10.3 Å². The van der Waals surface area contributed by atoms with E-state index in [9.17, 15) is 4.79 Å². The predicted octanol–water partition coefficient (Wildman–Crippen LogP) is 2.90. The number of carbonyl (C=O) groups is 1. The number of benzene rings is 1. The molecular weight excluding hydrogens is 258 g/mol. The smallest absolute Gasteiger partial charge is 0.251 e. The highest BCUT2D eigenvalue weighted by Gasteiger charge is 2.05. The summed E-state index contributed by atoms with van der Waals surface area (Å²) in [7, 11) is 0. The summed E-state index contributed by atoms with van der Waals surface area (Å²) < 4.78 is 0. The van der Waals surface area contributed by atoms with Crippen molar-refractivity contribution in [1.29, 1.82) is 0 Å². The summed E-state index contributed by atoms with van der Waals surface area (Å²) in [5.41, 5.74) is 1.71. The summed E-state index contributed by atoms with van der Waals surface area (Å²) in [6.07, 6.45) is 2.82. The maximum atomic E-state index is 11.9. The lowest BCUT2D eigenvalue weighted by Crippen LogP contribution is -2.22. The van der Waals surface area contributed by atoms with E-state index in [1.807, 2.05) is 29.6 Å². The fraction of sp³-hybridized carbons (Fsp3) is 0.286. The Morgan fingerprint density at radius 3 is 2.74 bits per heavy atom. The maximum Gasteiger partial charge on any atom is 0.251 e. The first kappa shape index (κ1) is 13.5. The van der Waals surface area contributed by atoms with E-state index in [2.05, 4.69) is 22.5 Å².